The summed E-state index contributed by atoms with van der Waals surface area (Å²) in [5.74, 6) is -1.49. The molecule has 0 atom stereocenters. The van der Waals surface area contributed by atoms with Crippen LogP contribution in [0.25, 0.3) is 10.9 Å². The number of aromatic nitrogens is 1. The predicted octanol–water partition coefficient (Wildman–Crippen LogP) is 5.35. The second-order valence-corrected chi connectivity index (χ2v) is 8.60. The molecule has 0 spiro atoms. The van der Waals surface area contributed by atoms with Crippen molar-refractivity contribution in [2.24, 2.45) is 0 Å². The monoisotopic (exact) mass is 489 g/mol. The fourth-order valence-corrected chi connectivity index (χ4v) is 4.28. The van der Waals surface area contributed by atoms with Crippen LogP contribution in [0.2, 0.25) is 5.02 Å². The molecular formula is C27H21ClFN3O3. The number of nitrogens with one attached hydrogen (secondary N) is 1. The van der Waals surface area contributed by atoms with Crippen LogP contribution in [0, 0.1) is 5.82 Å². The van der Waals surface area contributed by atoms with E-state index in [1.807, 2.05) is 12.3 Å². The first kappa shape index (κ1) is 23.0. The Morgan fingerprint density at radius 2 is 1.77 bits per heavy atom. The molecule has 5 rings (SSSR count). The molecule has 1 saturated heterocycles. The first-order valence-corrected chi connectivity index (χ1v) is 11.5. The standard InChI is InChI=1S/C27H21ClFN3O3/c28-24-4-2-1-3-23(24)27(34)31-21-13-19(12-20(29)15-21)26(33)17-5-6-25-18(11-17)14-22(16-30-25)32-7-9-35-10-8-32/h1-6,11-16H,7-10H2,(H,31,34). The van der Waals surface area contributed by atoms with E-state index in [1.165, 1.54) is 6.07 Å². The maximum absolute atomic E-state index is 14.4. The van der Waals surface area contributed by atoms with Crippen LogP contribution in [0.5, 0.6) is 0 Å². The molecule has 4 aromatic rings. The highest BCUT2D eigenvalue weighted by atomic mass is 35.5. The van der Waals surface area contributed by atoms with E-state index < -0.39 is 11.7 Å². The van der Waals surface area contributed by atoms with Crippen LogP contribution < -0.4 is 10.2 Å². The molecule has 3 aromatic carbocycles. The van der Waals surface area contributed by atoms with E-state index in [-0.39, 0.29) is 27.6 Å². The highest BCUT2D eigenvalue weighted by Crippen LogP contribution is 2.25. The average molecular weight is 490 g/mol. The zero-order chi connectivity index (χ0) is 24.4. The molecule has 0 aliphatic carbocycles. The van der Waals surface area contributed by atoms with E-state index in [0.29, 0.717) is 18.8 Å². The first-order valence-electron chi connectivity index (χ1n) is 11.1. The van der Waals surface area contributed by atoms with Gasteiger partial charge in [0.05, 0.1) is 41.2 Å². The van der Waals surface area contributed by atoms with Crippen molar-refractivity contribution in [3.8, 4) is 0 Å². The largest absolute Gasteiger partial charge is 0.378 e. The lowest BCUT2D eigenvalue weighted by Gasteiger charge is -2.28. The van der Waals surface area contributed by atoms with Crippen LogP contribution in [-0.2, 0) is 4.74 Å². The molecule has 1 aliphatic heterocycles. The smallest absolute Gasteiger partial charge is 0.257 e. The van der Waals surface area contributed by atoms with E-state index in [4.69, 9.17) is 16.3 Å². The molecule has 1 aromatic heterocycles. The Labute approximate surface area is 206 Å². The van der Waals surface area contributed by atoms with Gasteiger partial charge in [0.2, 0.25) is 0 Å². The van der Waals surface area contributed by atoms with E-state index in [2.05, 4.69) is 15.2 Å². The molecule has 8 heteroatoms. The second-order valence-electron chi connectivity index (χ2n) is 8.19. The van der Waals surface area contributed by atoms with Gasteiger partial charge < -0.3 is 15.0 Å². The number of morpholine rings is 1. The van der Waals surface area contributed by atoms with Crippen molar-refractivity contribution in [2.75, 3.05) is 36.5 Å². The van der Waals surface area contributed by atoms with Crippen LogP contribution >= 0.6 is 11.6 Å². The highest BCUT2D eigenvalue weighted by molar-refractivity contribution is 6.34. The van der Waals surface area contributed by atoms with E-state index in [0.717, 1.165) is 41.8 Å². The van der Waals surface area contributed by atoms with Gasteiger partial charge in [-0.15, -0.1) is 0 Å². The van der Waals surface area contributed by atoms with Gasteiger partial charge in [0.25, 0.3) is 5.91 Å². The predicted molar refractivity (Wildman–Crippen MR) is 134 cm³/mol. The summed E-state index contributed by atoms with van der Waals surface area (Å²) >= 11 is 6.08. The first-order chi connectivity index (χ1) is 17.0. The second kappa shape index (κ2) is 9.82. The molecule has 0 saturated carbocycles. The third-order valence-electron chi connectivity index (χ3n) is 5.84. The number of halogens is 2. The van der Waals surface area contributed by atoms with Crippen molar-refractivity contribution in [3.63, 3.8) is 0 Å². The molecule has 1 amide bonds. The van der Waals surface area contributed by atoms with Crippen molar-refractivity contribution >= 4 is 45.6 Å². The van der Waals surface area contributed by atoms with Crippen molar-refractivity contribution < 1.29 is 18.7 Å². The van der Waals surface area contributed by atoms with Crippen LogP contribution in [0.4, 0.5) is 15.8 Å². The highest BCUT2D eigenvalue weighted by Gasteiger charge is 2.16. The van der Waals surface area contributed by atoms with Crippen LogP contribution in [0.15, 0.2) is 72.9 Å². The molecule has 35 heavy (non-hydrogen) atoms. The Morgan fingerprint density at radius 1 is 0.971 bits per heavy atom. The minimum Gasteiger partial charge on any atom is -0.378 e. The average Bonchev–Trinajstić information content (AvgIpc) is 2.88. The summed E-state index contributed by atoms with van der Waals surface area (Å²) in [4.78, 5) is 32.5. The number of carbonyl (C=O) groups is 2. The van der Waals surface area contributed by atoms with E-state index in [1.54, 1.807) is 42.5 Å². The minimum atomic E-state index is -0.637. The van der Waals surface area contributed by atoms with Crippen LogP contribution in [0.3, 0.4) is 0 Å². The lowest BCUT2D eigenvalue weighted by Crippen LogP contribution is -2.36. The summed E-state index contributed by atoms with van der Waals surface area (Å²) in [6.07, 6.45) is 1.82. The van der Waals surface area contributed by atoms with E-state index in [9.17, 15) is 14.0 Å². The summed E-state index contributed by atoms with van der Waals surface area (Å²) < 4.78 is 19.8. The molecule has 0 bridgehead atoms. The van der Waals surface area contributed by atoms with Gasteiger partial charge in [-0.25, -0.2) is 4.39 Å². The Balaban J connectivity index is 1.42. The zero-order valence-electron chi connectivity index (χ0n) is 18.6. The molecular weight excluding hydrogens is 469 g/mol. The molecule has 2 heterocycles. The Morgan fingerprint density at radius 3 is 2.57 bits per heavy atom. The number of benzene rings is 3. The number of hydrogen-bond acceptors (Lipinski definition) is 5. The Kier molecular flexibility index (Phi) is 6.44. The number of rotatable bonds is 5. The summed E-state index contributed by atoms with van der Waals surface area (Å²) in [7, 11) is 0. The Hall–Kier alpha value is -3.81. The van der Waals surface area contributed by atoms with Crippen molar-refractivity contribution in [2.45, 2.75) is 0 Å². The van der Waals surface area contributed by atoms with Gasteiger partial charge in [0.15, 0.2) is 5.78 Å². The van der Waals surface area contributed by atoms with Crippen molar-refractivity contribution in [1.29, 1.82) is 0 Å². The van der Waals surface area contributed by atoms with E-state index >= 15 is 0 Å². The third-order valence-corrected chi connectivity index (χ3v) is 6.17. The lowest BCUT2D eigenvalue weighted by molar-refractivity contribution is 0.102. The molecule has 176 valence electrons. The number of ether oxygens (including phenoxy) is 1. The molecule has 0 unspecified atom stereocenters. The van der Waals surface area contributed by atoms with Gasteiger partial charge in [-0.3, -0.25) is 14.6 Å². The third kappa shape index (κ3) is 5.01. The molecule has 1 N–H and O–H groups in total. The topological polar surface area (TPSA) is 71.5 Å². The number of hydrogen-bond donors (Lipinski definition) is 1. The number of nitrogens with zero attached hydrogens (tertiary/aromatic N) is 2. The van der Waals surface area contributed by atoms with Gasteiger partial charge in [-0.2, -0.15) is 0 Å². The van der Waals surface area contributed by atoms with Crippen LogP contribution in [-0.4, -0.2) is 43.0 Å². The van der Waals surface area contributed by atoms with Gasteiger partial charge in [-0.1, -0.05) is 23.7 Å². The van der Waals surface area contributed by atoms with Gasteiger partial charge in [0.1, 0.15) is 5.82 Å². The zero-order valence-corrected chi connectivity index (χ0v) is 19.4. The summed E-state index contributed by atoms with van der Waals surface area (Å²) in [6.45, 7) is 2.87. The summed E-state index contributed by atoms with van der Waals surface area (Å²) in [5, 5.41) is 3.70. The summed E-state index contributed by atoms with van der Waals surface area (Å²) in [5.41, 5.74) is 2.65. The molecule has 6 nitrogen and oxygen atoms in total. The van der Waals surface area contributed by atoms with Crippen molar-refractivity contribution in [1.82, 2.24) is 4.98 Å². The molecule has 1 aliphatic rings. The minimum absolute atomic E-state index is 0.121. The SMILES string of the molecule is O=C(c1cc(F)cc(NC(=O)c2ccccc2Cl)c1)c1ccc2ncc(N3CCOCC3)cc2c1. The number of fused-ring (bicyclic) bond motifs is 1. The Bertz CT molecular complexity index is 1440. The summed E-state index contributed by atoms with van der Waals surface area (Å²) in [6, 6.07) is 17.5. The number of amides is 1. The number of ketones is 1. The number of pyridine rings is 1. The normalized spacial score (nSPS) is 13.6. The van der Waals surface area contributed by atoms with Crippen LogP contribution in [0.1, 0.15) is 26.3 Å². The lowest BCUT2D eigenvalue weighted by atomic mass is 10.0. The molecule has 0 radical (unpaired) electrons. The van der Waals surface area contributed by atoms with Gasteiger partial charge in [0, 0.05) is 35.3 Å². The number of carbonyl (C=O) groups excluding carboxylic acids is 2. The van der Waals surface area contributed by atoms with Gasteiger partial charge in [-0.05, 0) is 54.6 Å². The molecule has 1 fully saturated rings. The fraction of sp³-hybridized carbons (Fsp3) is 0.148. The quantitative estimate of drug-likeness (QED) is 0.383. The number of anilines is 2. The van der Waals surface area contributed by atoms with Crippen molar-refractivity contribution in [3.05, 3.63) is 100 Å². The maximum atomic E-state index is 14.4. The maximum Gasteiger partial charge on any atom is 0.257 e. The fourth-order valence-electron chi connectivity index (χ4n) is 4.06. The van der Waals surface area contributed by atoms with Gasteiger partial charge >= 0.3 is 0 Å².